The molecule has 0 aliphatic carbocycles. The second-order valence-corrected chi connectivity index (χ2v) is 6.59. The quantitative estimate of drug-likeness (QED) is 0.395. The zero-order valence-electron chi connectivity index (χ0n) is 16.0. The van der Waals surface area contributed by atoms with Crippen LogP contribution in [0, 0.1) is 5.82 Å². The van der Waals surface area contributed by atoms with Crippen molar-refractivity contribution in [1.82, 2.24) is 15.4 Å². The van der Waals surface area contributed by atoms with Crippen molar-refractivity contribution in [1.29, 1.82) is 0 Å². The lowest BCUT2D eigenvalue weighted by molar-refractivity contribution is 0.0956. The van der Waals surface area contributed by atoms with Crippen LogP contribution in [0.25, 0.3) is 22.3 Å². The predicted octanol–water partition coefficient (Wildman–Crippen LogP) is 4.30. The number of carbonyl (C=O) groups excluding carboxylic acids is 1. The third kappa shape index (κ3) is 3.86. The molecular weight excluding hydrogens is 383 g/mol. The molecule has 0 aliphatic heterocycles. The highest BCUT2D eigenvalue weighted by molar-refractivity contribution is 6.08. The molecule has 148 valence electrons. The molecule has 0 aliphatic rings. The van der Waals surface area contributed by atoms with E-state index >= 15 is 0 Å². The molecule has 0 bridgehead atoms. The van der Waals surface area contributed by atoms with Crippen molar-refractivity contribution >= 4 is 22.5 Å². The van der Waals surface area contributed by atoms with E-state index in [4.69, 9.17) is 0 Å². The third-order valence-corrected chi connectivity index (χ3v) is 4.56. The maximum atomic E-state index is 13.5. The van der Waals surface area contributed by atoms with E-state index < -0.39 is 11.7 Å². The van der Waals surface area contributed by atoms with Crippen molar-refractivity contribution in [2.45, 2.75) is 6.92 Å². The van der Waals surface area contributed by atoms with E-state index in [1.807, 2.05) is 30.3 Å². The minimum atomic E-state index is -0.510. The van der Waals surface area contributed by atoms with Crippen LogP contribution in [0.3, 0.4) is 0 Å². The predicted molar refractivity (Wildman–Crippen MR) is 113 cm³/mol. The lowest BCUT2D eigenvalue weighted by Crippen LogP contribution is -2.20. The first kappa shape index (κ1) is 19.2. The summed E-state index contributed by atoms with van der Waals surface area (Å²) in [6, 6.07) is 17.9. The summed E-state index contributed by atoms with van der Waals surface area (Å²) < 4.78 is 13.5. The molecular formula is C23H17FN4O2. The van der Waals surface area contributed by atoms with E-state index in [-0.39, 0.29) is 17.0 Å². The Morgan fingerprint density at radius 1 is 1.00 bits per heavy atom. The summed E-state index contributed by atoms with van der Waals surface area (Å²) in [6.07, 6.45) is 1.66. The molecule has 4 aromatic rings. The minimum absolute atomic E-state index is 0.126. The normalized spacial score (nSPS) is 11.5. The van der Waals surface area contributed by atoms with Gasteiger partial charge in [0.1, 0.15) is 11.6 Å². The van der Waals surface area contributed by atoms with E-state index in [1.165, 1.54) is 6.07 Å². The summed E-state index contributed by atoms with van der Waals surface area (Å²) in [4.78, 5) is 21.8. The number of amides is 1. The van der Waals surface area contributed by atoms with Gasteiger partial charge in [0.05, 0.1) is 28.2 Å². The molecule has 0 atom stereocenters. The number of hydrogen-bond acceptors (Lipinski definition) is 5. The number of carbonyl (C=O) groups is 1. The Morgan fingerprint density at radius 2 is 1.80 bits per heavy atom. The average Bonchev–Trinajstić information content (AvgIpc) is 2.78. The largest absolute Gasteiger partial charge is 0.507 e. The number of halogens is 1. The third-order valence-electron chi connectivity index (χ3n) is 4.56. The number of rotatable bonds is 4. The number of nitrogens with one attached hydrogen (secondary N) is 1. The van der Waals surface area contributed by atoms with Gasteiger partial charge < -0.3 is 5.11 Å². The van der Waals surface area contributed by atoms with Gasteiger partial charge in [0, 0.05) is 17.1 Å². The second kappa shape index (κ2) is 8.08. The molecule has 0 unspecified atom stereocenters. The number of para-hydroxylation sites is 1. The van der Waals surface area contributed by atoms with E-state index in [0.717, 1.165) is 12.1 Å². The number of hydrazone groups is 1. The van der Waals surface area contributed by atoms with Crippen LogP contribution in [0.2, 0.25) is 0 Å². The Bertz CT molecular complexity index is 1270. The van der Waals surface area contributed by atoms with Gasteiger partial charge in [-0.3, -0.25) is 9.78 Å². The number of aromatic nitrogens is 2. The number of benzene rings is 2. The Kier molecular flexibility index (Phi) is 5.17. The molecule has 4 rings (SSSR count). The van der Waals surface area contributed by atoms with Crippen LogP contribution >= 0.6 is 0 Å². The highest BCUT2D eigenvalue weighted by Crippen LogP contribution is 2.24. The first-order chi connectivity index (χ1) is 14.5. The van der Waals surface area contributed by atoms with E-state index in [2.05, 4.69) is 20.5 Å². The molecule has 30 heavy (non-hydrogen) atoms. The number of phenols is 1. The molecule has 0 saturated heterocycles. The Hall–Kier alpha value is -4.13. The van der Waals surface area contributed by atoms with Crippen LogP contribution in [-0.2, 0) is 0 Å². The number of hydrogen-bond donors (Lipinski definition) is 2. The van der Waals surface area contributed by atoms with Crippen LogP contribution in [0.1, 0.15) is 22.8 Å². The smallest absolute Gasteiger partial charge is 0.272 e. The van der Waals surface area contributed by atoms with Gasteiger partial charge in [-0.25, -0.2) is 14.8 Å². The summed E-state index contributed by atoms with van der Waals surface area (Å²) >= 11 is 0. The molecule has 2 aromatic carbocycles. The van der Waals surface area contributed by atoms with Crippen LogP contribution in [0.4, 0.5) is 4.39 Å². The summed E-state index contributed by atoms with van der Waals surface area (Å²) in [5.41, 5.74) is 5.17. The first-order valence-electron chi connectivity index (χ1n) is 9.17. The van der Waals surface area contributed by atoms with Gasteiger partial charge in [0.2, 0.25) is 0 Å². The summed E-state index contributed by atoms with van der Waals surface area (Å²) in [6.45, 7) is 1.57. The molecule has 0 saturated carbocycles. The standard InChI is InChI=1S/C23H17FN4O2/c1-14(17-12-15(24)9-10-22(17)29)27-28-23(30)18-13-21(20-8-4-5-11-25-20)26-19-7-3-2-6-16(18)19/h2-13,29H,1H3,(H,28,30)/b27-14+. The van der Waals surface area contributed by atoms with Crippen molar-refractivity contribution in [2.24, 2.45) is 5.10 Å². The summed E-state index contributed by atoms with van der Waals surface area (Å²) in [7, 11) is 0. The molecule has 0 fully saturated rings. The van der Waals surface area contributed by atoms with Crippen molar-refractivity contribution in [3.63, 3.8) is 0 Å². The monoisotopic (exact) mass is 400 g/mol. The molecule has 2 aromatic heterocycles. The van der Waals surface area contributed by atoms with Crippen molar-refractivity contribution < 1.29 is 14.3 Å². The van der Waals surface area contributed by atoms with Gasteiger partial charge in [0.25, 0.3) is 5.91 Å². The highest BCUT2D eigenvalue weighted by atomic mass is 19.1. The van der Waals surface area contributed by atoms with E-state index in [0.29, 0.717) is 27.9 Å². The highest BCUT2D eigenvalue weighted by Gasteiger charge is 2.15. The SMILES string of the molecule is C/C(=N\NC(=O)c1cc(-c2ccccn2)nc2ccccc12)c1cc(F)ccc1O. The fourth-order valence-electron chi connectivity index (χ4n) is 3.06. The maximum absolute atomic E-state index is 13.5. The zero-order chi connectivity index (χ0) is 21.1. The fourth-order valence-corrected chi connectivity index (χ4v) is 3.06. The number of pyridine rings is 2. The van der Waals surface area contributed by atoms with Crippen molar-refractivity contribution in [2.75, 3.05) is 0 Å². The summed E-state index contributed by atoms with van der Waals surface area (Å²) in [5.74, 6) is -1.09. The van der Waals surface area contributed by atoms with Crippen LogP contribution in [0.5, 0.6) is 5.75 Å². The molecule has 2 N–H and O–H groups in total. The van der Waals surface area contributed by atoms with Gasteiger partial charge >= 0.3 is 0 Å². The van der Waals surface area contributed by atoms with Crippen molar-refractivity contribution in [3.8, 4) is 17.1 Å². The Morgan fingerprint density at radius 3 is 2.60 bits per heavy atom. The van der Waals surface area contributed by atoms with E-state index in [9.17, 15) is 14.3 Å². The number of aromatic hydroxyl groups is 1. The lowest BCUT2D eigenvalue weighted by atomic mass is 10.1. The lowest BCUT2D eigenvalue weighted by Gasteiger charge is -2.09. The molecule has 6 nitrogen and oxygen atoms in total. The zero-order valence-corrected chi connectivity index (χ0v) is 16.0. The number of nitrogens with zero attached hydrogens (tertiary/aromatic N) is 3. The number of phenolic OH excluding ortho intramolecular Hbond substituents is 1. The van der Waals surface area contributed by atoms with Crippen LogP contribution in [0.15, 0.2) is 78.0 Å². The maximum Gasteiger partial charge on any atom is 0.272 e. The second-order valence-electron chi connectivity index (χ2n) is 6.59. The molecule has 2 heterocycles. The average molecular weight is 400 g/mol. The van der Waals surface area contributed by atoms with E-state index in [1.54, 1.807) is 31.3 Å². The fraction of sp³-hybridized carbons (Fsp3) is 0.0435. The van der Waals surface area contributed by atoms with Crippen LogP contribution in [-0.4, -0.2) is 26.7 Å². The number of fused-ring (bicyclic) bond motifs is 1. The minimum Gasteiger partial charge on any atom is -0.507 e. The van der Waals surface area contributed by atoms with Gasteiger partial charge in [-0.15, -0.1) is 0 Å². The van der Waals surface area contributed by atoms with Gasteiger partial charge in [-0.1, -0.05) is 24.3 Å². The van der Waals surface area contributed by atoms with Gasteiger partial charge in [-0.2, -0.15) is 5.10 Å². The van der Waals surface area contributed by atoms with Gasteiger partial charge in [0.15, 0.2) is 0 Å². The summed E-state index contributed by atoms with van der Waals surface area (Å²) in [5, 5.41) is 14.6. The van der Waals surface area contributed by atoms with Crippen molar-refractivity contribution in [3.05, 3.63) is 89.9 Å². The molecule has 0 radical (unpaired) electrons. The Labute approximate surface area is 171 Å². The first-order valence-corrected chi connectivity index (χ1v) is 9.17. The Balaban J connectivity index is 1.71. The molecule has 0 spiro atoms. The van der Waals surface area contributed by atoms with Crippen LogP contribution < -0.4 is 5.43 Å². The molecule has 7 heteroatoms. The van der Waals surface area contributed by atoms with Gasteiger partial charge in [-0.05, 0) is 49.4 Å². The molecule has 1 amide bonds. The topological polar surface area (TPSA) is 87.5 Å².